The molecule has 0 spiro atoms. The van der Waals surface area contributed by atoms with Crippen LogP contribution in [0.15, 0.2) is 42.5 Å². The highest BCUT2D eigenvalue weighted by Gasteiger charge is 2.23. The van der Waals surface area contributed by atoms with Crippen molar-refractivity contribution in [3.63, 3.8) is 0 Å². The molecule has 4 nitrogen and oxygen atoms in total. The van der Waals surface area contributed by atoms with Crippen molar-refractivity contribution in [1.82, 2.24) is 15.1 Å². The molecular formula is C17H21ClN4. The summed E-state index contributed by atoms with van der Waals surface area (Å²) in [5.41, 5.74) is 1.39. The van der Waals surface area contributed by atoms with Crippen molar-refractivity contribution in [2.45, 2.75) is 25.4 Å². The largest absolute Gasteiger partial charge is 0.355 e. The molecule has 0 atom stereocenters. The molecule has 0 radical (unpaired) electrons. The Hall–Kier alpha value is -1.65. The van der Waals surface area contributed by atoms with E-state index in [0.717, 1.165) is 38.3 Å². The molecule has 22 heavy (non-hydrogen) atoms. The number of aromatic nitrogens is 2. The topological polar surface area (TPSA) is 32.3 Å². The van der Waals surface area contributed by atoms with E-state index in [1.807, 2.05) is 6.07 Å². The summed E-state index contributed by atoms with van der Waals surface area (Å²) in [4.78, 5) is 4.75. The molecule has 1 aromatic heterocycles. The molecule has 3 rings (SSSR count). The van der Waals surface area contributed by atoms with Crippen LogP contribution >= 0.6 is 11.6 Å². The predicted molar refractivity (Wildman–Crippen MR) is 90.2 cm³/mol. The van der Waals surface area contributed by atoms with E-state index in [1.165, 1.54) is 5.56 Å². The van der Waals surface area contributed by atoms with Gasteiger partial charge in [-0.1, -0.05) is 41.9 Å². The lowest BCUT2D eigenvalue weighted by molar-refractivity contribution is 0.203. The summed E-state index contributed by atoms with van der Waals surface area (Å²) >= 11 is 5.80. The SMILES string of the molecule is CN(c1ccc(Cl)nn1)C1CCN(Cc2ccccc2)CC1. The lowest BCUT2D eigenvalue weighted by Gasteiger charge is -2.37. The van der Waals surface area contributed by atoms with Crippen molar-refractivity contribution in [2.24, 2.45) is 0 Å². The van der Waals surface area contributed by atoms with Crippen LogP contribution in [0.3, 0.4) is 0 Å². The highest BCUT2D eigenvalue weighted by molar-refractivity contribution is 6.29. The molecule has 0 saturated carbocycles. The van der Waals surface area contributed by atoms with E-state index in [1.54, 1.807) is 6.07 Å². The highest BCUT2D eigenvalue weighted by atomic mass is 35.5. The van der Waals surface area contributed by atoms with Gasteiger partial charge in [0.2, 0.25) is 0 Å². The van der Waals surface area contributed by atoms with E-state index in [9.17, 15) is 0 Å². The number of likely N-dealkylation sites (tertiary alicyclic amines) is 1. The maximum atomic E-state index is 5.80. The van der Waals surface area contributed by atoms with E-state index in [0.29, 0.717) is 11.2 Å². The first-order valence-corrected chi connectivity index (χ1v) is 8.08. The molecule has 1 aliphatic heterocycles. The van der Waals surface area contributed by atoms with Crippen LogP contribution in [0.5, 0.6) is 0 Å². The third-order valence-electron chi connectivity index (χ3n) is 4.33. The van der Waals surface area contributed by atoms with Crippen LogP contribution in [-0.4, -0.2) is 41.3 Å². The Morgan fingerprint density at radius 2 is 1.82 bits per heavy atom. The quantitative estimate of drug-likeness (QED) is 0.867. The minimum atomic E-state index is 0.440. The minimum Gasteiger partial charge on any atom is -0.355 e. The molecule has 1 aliphatic rings. The molecule has 2 aromatic rings. The van der Waals surface area contributed by atoms with E-state index in [4.69, 9.17) is 11.6 Å². The Balaban J connectivity index is 1.54. The molecular weight excluding hydrogens is 296 g/mol. The number of hydrogen-bond acceptors (Lipinski definition) is 4. The van der Waals surface area contributed by atoms with Crippen LogP contribution in [0.1, 0.15) is 18.4 Å². The average molecular weight is 317 g/mol. The van der Waals surface area contributed by atoms with Gasteiger partial charge in [-0.2, -0.15) is 0 Å². The molecule has 0 bridgehead atoms. The van der Waals surface area contributed by atoms with Crippen molar-refractivity contribution in [1.29, 1.82) is 0 Å². The summed E-state index contributed by atoms with van der Waals surface area (Å²) < 4.78 is 0. The van der Waals surface area contributed by atoms with Crippen LogP contribution in [0, 0.1) is 0 Å². The van der Waals surface area contributed by atoms with Crippen LogP contribution in [-0.2, 0) is 6.54 Å². The van der Waals surface area contributed by atoms with Gasteiger partial charge < -0.3 is 4.90 Å². The molecule has 2 heterocycles. The van der Waals surface area contributed by atoms with Crippen molar-refractivity contribution in [3.05, 3.63) is 53.2 Å². The smallest absolute Gasteiger partial charge is 0.151 e. The first kappa shape index (κ1) is 15.3. The number of halogens is 1. The van der Waals surface area contributed by atoms with Gasteiger partial charge in [0.1, 0.15) is 0 Å². The first-order chi connectivity index (χ1) is 10.7. The summed E-state index contributed by atoms with van der Waals surface area (Å²) in [6.45, 7) is 3.27. The number of nitrogens with zero attached hydrogens (tertiary/aromatic N) is 4. The van der Waals surface area contributed by atoms with Gasteiger partial charge in [-0.15, -0.1) is 10.2 Å². The molecule has 0 aliphatic carbocycles. The second kappa shape index (κ2) is 7.07. The Morgan fingerprint density at radius 3 is 2.45 bits per heavy atom. The third kappa shape index (κ3) is 3.76. The van der Waals surface area contributed by atoms with E-state index in [2.05, 4.69) is 57.4 Å². The van der Waals surface area contributed by atoms with Gasteiger partial charge in [-0.05, 0) is 30.5 Å². The Labute approximate surface area is 136 Å². The zero-order valence-corrected chi connectivity index (χ0v) is 13.6. The zero-order valence-electron chi connectivity index (χ0n) is 12.8. The molecule has 0 unspecified atom stereocenters. The molecule has 0 N–H and O–H groups in total. The van der Waals surface area contributed by atoms with Crippen molar-refractivity contribution < 1.29 is 0 Å². The van der Waals surface area contributed by atoms with E-state index in [-0.39, 0.29) is 0 Å². The summed E-state index contributed by atoms with van der Waals surface area (Å²) in [7, 11) is 2.09. The fourth-order valence-corrected chi connectivity index (χ4v) is 3.09. The summed E-state index contributed by atoms with van der Waals surface area (Å²) in [6.07, 6.45) is 2.29. The van der Waals surface area contributed by atoms with Crippen molar-refractivity contribution >= 4 is 17.4 Å². The van der Waals surface area contributed by atoms with Crippen LogP contribution in [0.25, 0.3) is 0 Å². The van der Waals surface area contributed by atoms with Gasteiger partial charge in [0.05, 0.1) is 0 Å². The van der Waals surface area contributed by atoms with Crippen molar-refractivity contribution in [3.8, 4) is 0 Å². The first-order valence-electron chi connectivity index (χ1n) is 7.71. The Morgan fingerprint density at radius 1 is 1.09 bits per heavy atom. The Kier molecular flexibility index (Phi) is 4.90. The maximum absolute atomic E-state index is 5.80. The van der Waals surface area contributed by atoms with Gasteiger partial charge in [0.25, 0.3) is 0 Å². The second-order valence-electron chi connectivity index (χ2n) is 5.82. The number of hydrogen-bond donors (Lipinski definition) is 0. The average Bonchev–Trinajstić information content (AvgIpc) is 2.57. The third-order valence-corrected chi connectivity index (χ3v) is 4.53. The van der Waals surface area contributed by atoms with Crippen molar-refractivity contribution in [2.75, 3.05) is 25.0 Å². The van der Waals surface area contributed by atoms with Gasteiger partial charge in [0, 0.05) is 32.7 Å². The van der Waals surface area contributed by atoms with Crippen LogP contribution in [0.4, 0.5) is 5.82 Å². The van der Waals surface area contributed by atoms with Crippen LogP contribution in [0.2, 0.25) is 5.15 Å². The summed E-state index contributed by atoms with van der Waals surface area (Å²) in [5, 5.41) is 8.54. The minimum absolute atomic E-state index is 0.440. The van der Waals surface area contributed by atoms with Crippen LogP contribution < -0.4 is 4.90 Å². The second-order valence-corrected chi connectivity index (χ2v) is 6.21. The molecule has 1 saturated heterocycles. The van der Waals surface area contributed by atoms with Gasteiger partial charge in [-0.3, -0.25) is 4.90 Å². The molecule has 0 amide bonds. The monoisotopic (exact) mass is 316 g/mol. The predicted octanol–water partition coefficient (Wildman–Crippen LogP) is 3.23. The zero-order chi connectivity index (χ0) is 15.4. The van der Waals surface area contributed by atoms with Gasteiger partial charge >= 0.3 is 0 Å². The number of benzene rings is 1. The van der Waals surface area contributed by atoms with E-state index < -0.39 is 0 Å². The molecule has 116 valence electrons. The standard InChI is InChI=1S/C17H21ClN4/c1-21(17-8-7-16(18)19-20-17)15-9-11-22(12-10-15)13-14-5-3-2-4-6-14/h2-8,15H,9-13H2,1H3. The number of rotatable bonds is 4. The lowest BCUT2D eigenvalue weighted by Crippen LogP contribution is -2.43. The fourth-order valence-electron chi connectivity index (χ4n) is 2.99. The number of piperidine rings is 1. The van der Waals surface area contributed by atoms with Gasteiger partial charge in [0.15, 0.2) is 11.0 Å². The number of anilines is 1. The summed E-state index contributed by atoms with van der Waals surface area (Å²) in [5.74, 6) is 0.894. The normalized spacial score (nSPS) is 16.6. The highest BCUT2D eigenvalue weighted by Crippen LogP contribution is 2.21. The summed E-state index contributed by atoms with van der Waals surface area (Å²) in [6, 6.07) is 14.9. The molecule has 1 aromatic carbocycles. The maximum Gasteiger partial charge on any atom is 0.151 e. The fraction of sp³-hybridized carbons (Fsp3) is 0.412. The van der Waals surface area contributed by atoms with E-state index >= 15 is 0 Å². The Bertz CT molecular complexity index is 579. The molecule has 5 heteroatoms. The lowest BCUT2D eigenvalue weighted by atomic mass is 10.0. The van der Waals surface area contributed by atoms with Gasteiger partial charge in [-0.25, -0.2) is 0 Å². The molecule has 1 fully saturated rings.